The van der Waals surface area contributed by atoms with Crippen LogP contribution < -0.4 is 11.1 Å². The third kappa shape index (κ3) is 7.28. The zero-order valence-corrected chi connectivity index (χ0v) is 17.7. The molecule has 0 aliphatic heterocycles. The predicted octanol–water partition coefficient (Wildman–Crippen LogP) is 5.98. The summed E-state index contributed by atoms with van der Waals surface area (Å²) >= 11 is 1.56. The van der Waals surface area contributed by atoms with E-state index in [1.165, 1.54) is 56.2 Å². The van der Waals surface area contributed by atoms with Crippen molar-refractivity contribution < 1.29 is 9.59 Å². The average molecular weight is 393 g/mol. The normalized spacial score (nSPS) is 14.3. The Morgan fingerprint density at radius 1 is 0.926 bits per heavy atom. The Hall–Kier alpha value is -1.36. The molecule has 0 bridgehead atoms. The molecule has 0 unspecified atom stereocenters. The minimum atomic E-state index is -0.407. The Kier molecular flexibility index (Phi) is 9.89. The molecule has 2 rings (SSSR count). The minimum absolute atomic E-state index is 0.0118. The molecule has 0 saturated carbocycles. The van der Waals surface area contributed by atoms with Gasteiger partial charge in [0, 0.05) is 11.3 Å². The van der Waals surface area contributed by atoms with Gasteiger partial charge >= 0.3 is 0 Å². The molecule has 0 radical (unpaired) electrons. The SMILES string of the molecule is CCCCCCCCCCC(=O)Nc1sc2c(c1C(N)=O)CCCCCC2. The monoisotopic (exact) mass is 392 g/mol. The molecule has 1 aliphatic carbocycles. The van der Waals surface area contributed by atoms with Crippen molar-refractivity contribution in [2.45, 2.75) is 103 Å². The number of nitrogens with one attached hydrogen (secondary N) is 1. The molecule has 1 aromatic heterocycles. The fourth-order valence-corrected chi connectivity index (χ4v) is 5.19. The van der Waals surface area contributed by atoms with Crippen LogP contribution in [0.15, 0.2) is 0 Å². The van der Waals surface area contributed by atoms with Gasteiger partial charge in [-0.05, 0) is 37.7 Å². The van der Waals surface area contributed by atoms with Crippen molar-refractivity contribution in [2.75, 3.05) is 5.32 Å². The van der Waals surface area contributed by atoms with Crippen molar-refractivity contribution in [1.29, 1.82) is 0 Å². The third-order valence-electron chi connectivity index (χ3n) is 5.43. The number of thiophene rings is 1. The van der Waals surface area contributed by atoms with Crippen molar-refractivity contribution in [3.63, 3.8) is 0 Å². The second-order valence-electron chi connectivity index (χ2n) is 7.76. The van der Waals surface area contributed by atoms with Gasteiger partial charge in [-0.15, -0.1) is 11.3 Å². The van der Waals surface area contributed by atoms with Crippen LogP contribution in [0.2, 0.25) is 0 Å². The lowest BCUT2D eigenvalue weighted by atomic mass is 9.96. The second kappa shape index (κ2) is 12.2. The number of hydrogen-bond donors (Lipinski definition) is 2. The number of carbonyl (C=O) groups is 2. The van der Waals surface area contributed by atoms with Gasteiger partial charge in [-0.1, -0.05) is 64.7 Å². The highest BCUT2D eigenvalue weighted by Gasteiger charge is 2.23. The second-order valence-corrected chi connectivity index (χ2v) is 8.86. The molecular weight excluding hydrogens is 356 g/mol. The Morgan fingerprint density at radius 2 is 1.56 bits per heavy atom. The first-order chi connectivity index (χ1) is 13.1. The maximum Gasteiger partial charge on any atom is 0.251 e. The van der Waals surface area contributed by atoms with Crippen molar-refractivity contribution in [3.8, 4) is 0 Å². The van der Waals surface area contributed by atoms with Crippen LogP contribution in [0.4, 0.5) is 5.00 Å². The van der Waals surface area contributed by atoms with Gasteiger partial charge in [-0.25, -0.2) is 0 Å². The van der Waals surface area contributed by atoms with Gasteiger partial charge in [0.2, 0.25) is 5.91 Å². The maximum atomic E-state index is 12.4. The van der Waals surface area contributed by atoms with Gasteiger partial charge in [0.15, 0.2) is 0 Å². The molecule has 0 aromatic carbocycles. The first-order valence-corrected chi connectivity index (χ1v) is 11.7. The van der Waals surface area contributed by atoms with E-state index >= 15 is 0 Å². The molecule has 5 heteroatoms. The number of amides is 2. The summed E-state index contributed by atoms with van der Waals surface area (Å²) in [5.74, 6) is -0.395. The van der Waals surface area contributed by atoms with Crippen molar-refractivity contribution in [1.82, 2.24) is 0 Å². The highest BCUT2D eigenvalue weighted by Crippen LogP contribution is 2.37. The molecule has 3 N–H and O–H groups in total. The lowest BCUT2D eigenvalue weighted by Gasteiger charge is -2.10. The topological polar surface area (TPSA) is 72.2 Å². The van der Waals surface area contributed by atoms with Crippen molar-refractivity contribution in [3.05, 3.63) is 16.0 Å². The van der Waals surface area contributed by atoms with Crippen molar-refractivity contribution in [2.24, 2.45) is 5.73 Å². The summed E-state index contributed by atoms with van der Waals surface area (Å²) < 4.78 is 0. The van der Waals surface area contributed by atoms with Crippen LogP contribution in [-0.2, 0) is 17.6 Å². The maximum absolute atomic E-state index is 12.4. The molecule has 2 amide bonds. The lowest BCUT2D eigenvalue weighted by Crippen LogP contribution is -2.18. The van der Waals surface area contributed by atoms with Gasteiger partial charge in [0.25, 0.3) is 5.91 Å². The molecule has 0 atom stereocenters. The number of aryl methyl sites for hydroxylation is 1. The Bertz CT molecular complexity index is 610. The van der Waals surface area contributed by atoms with Crippen LogP contribution in [0.25, 0.3) is 0 Å². The zero-order valence-electron chi connectivity index (χ0n) is 16.9. The first-order valence-electron chi connectivity index (χ1n) is 10.9. The molecule has 1 aliphatic rings. The minimum Gasteiger partial charge on any atom is -0.365 e. The van der Waals surface area contributed by atoms with E-state index in [1.54, 1.807) is 11.3 Å². The molecule has 27 heavy (non-hydrogen) atoms. The number of rotatable bonds is 11. The van der Waals surface area contributed by atoms with Gasteiger partial charge in [0.1, 0.15) is 5.00 Å². The largest absolute Gasteiger partial charge is 0.365 e. The summed E-state index contributed by atoms with van der Waals surface area (Å²) in [6.45, 7) is 2.23. The van der Waals surface area contributed by atoms with E-state index in [0.717, 1.165) is 44.1 Å². The van der Waals surface area contributed by atoms with Gasteiger partial charge in [-0.2, -0.15) is 0 Å². The number of fused-ring (bicyclic) bond motifs is 1. The molecule has 4 nitrogen and oxygen atoms in total. The molecule has 0 fully saturated rings. The summed E-state index contributed by atoms with van der Waals surface area (Å²) in [6.07, 6.45) is 16.8. The summed E-state index contributed by atoms with van der Waals surface area (Å²) in [7, 11) is 0. The Labute approximate surface area is 168 Å². The lowest BCUT2D eigenvalue weighted by molar-refractivity contribution is -0.116. The van der Waals surface area contributed by atoms with E-state index in [9.17, 15) is 9.59 Å². The van der Waals surface area contributed by atoms with Crippen LogP contribution in [0.1, 0.15) is 111 Å². The molecule has 1 heterocycles. The average Bonchev–Trinajstić information content (AvgIpc) is 2.93. The number of anilines is 1. The fraction of sp³-hybridized carbons (Fsp3) is 0.727. The van der Waals surface area contributed by atoms with Crippen LogP contribution >= 0.6 is 11.3 Å². The number of carbonyl (C=O) groups excluding carboxylic acids is 2. The van der Waals surface area contributed by atoms with E-state index in [2.05, 4.69) is 12.2 Å². The number of unbranched alkanes of at least 4 members (excludes halogenated alkanes) is 7. The van der Waals surface area contributed by atoms with Crippen molar-refractivity contribution >= 4 is 28.2 Å². The van der Waals surface area contributed by atoms with Gasteiger partial charge in [0.05, 0.1) is 5.56 Å². The van der Waals surface area contributed by atoms with Crippen LogP contribution in [0.3, 0.4) is 0 Å². The molecule has 1 aromatic rings. The Balaban J connectivity index is 1.82. The van der Waals surface area contributed by atoms with Crippen LogP contribution in [0, 0.1) is 0 Å². The quantitative estimate of drug-likeness (QED) is 0.455. The van der Waals surface area contributed by atoms with Crippen LogP contribution in [0.5, 0.6) is 0 Å². The summed E-state index contributed by atoms with van der Waals surface area (Å²) in [5, 5.41) is 3.67. The van der Waals surface area contributed by atoms with E-state index < -0.39 is 5.91 Å². The summed E-state index contributed by atoms with van der Waals surface area (Å²) in [6, 6.07) is 0. The smallest absolute Gasteiger partial charge is 0.251 e. The Morgan fingerprint density at radius 3 is 2.22 bits per heavy atom. The molecule has 0 saturated heterocycles. The van der Waals surface area contributed by atoms with E-state index in [0.29, 0.717) is 17.0 Å². The standard InChI is InChI=1S/C22H36N2O2S/c1-2-3-4-5-6-7-8-13-16-19(25)24-22-20(21(23)26)17-14-11-9-10-12-15-18(17)27-22/h2-16H2,1H3,(H2,23,26)(H,24,25). The first kappa shape index (κ1) is 21.9. The number of hydrogen-bond acceptors (Lipinski definition) is 3. The zero-order chi connectivity index (χ0) is 19.5. The van der Waals surface area contributed by atoms with Gasteiger partial charge in [-0.3, -0.25) is 9.59 Å². The van der Waals surface area contributed by atoms with E-state index in [-0.39, 0.29) is 5.91 Å². The summed E-state index contributed by atoms with van der Waals surface area (Å²) in [4.78, 5) is 25.6. The molecule has 152 valence electrons. The molecule has 0 spiro atoms. The fourth-order valence-electron chi connectivity index (χ4n) is 3.88. The highest BCUT2D eigenvalue weighted by molar-refractivity contribution is 7.17. The number of primary amides is 1. The third-order valence-corrected chi connectivity index (χ3v) is 6.64. The molecular formula is C22H36N2O2S. The number of nitrogens with two attached hydrogens (primary N) is 1. The predicted molar refractivity (Wildman–Crippen MR) is 115 cm³/mol. The van der Waals surface area contributed by atoms with Gasteiger partial charge < -0.3 is 11.1 Å². The van der Waals surface area contributed by atoms with Crippen LogP contribution in [-0.4, -0.2) is 11.8 Å². The highest BCUT2D eigenvalue weighted by atomic mass is 32.1. The van der Waals surface area contributed by atoms with E-state index in [4.69, 9.17) is 5.73 Å². The summed E-state index contributed by atoms with van der Waals surface area (Å²) in [5.41, 5.74) is 7.32. The van der Waals surface area contributed by atoms with E-state index in [1.807, 2.05) is 0 Å².